The molecule has 7 fully saturated rings. The van der Waals surface area contributed by atoms with Crippen LogP contribution < -0.4 is 25.4 Å². The van der Waals surface area contributed by atoms with Crippen LogP contribution in [-0.2, 0) is 34.2 Å². The fourth-order valence-corrected chi connectivity index (χ4v) is 13.2. The largest absolute Gasteiger partial charge is 0.343 e. The van der Waals surface area contributed by atoms with Crippen molar-refractivity contribution in [1.29, 1.82) is 0 Å². The van der Waals surface area contributed by atoms with Crippen LogP contribution in [0.1, 0.15) is 145 Å². The first-order chi connectivity index (χ1) is 27.6. The first-order valence-electron chi connectivity index (χ1n) is 22.6. The highest BCUT2D eigenvalue weighted by molar-refractivity contribution is 7.88. The lowest BCUT2D eigenvalue weighted by Gasteiger charge is -2.40. The second-order valence-corrected chi connectivity index (χ2v) is 22.6. The number of hydrogen-bond donors (Lipinski definition) is 5. The molecule has 59 heavy (non-hydrogen) atoms. The Kier molecular flexibility index (Phi) is 11.7. The number of nitrogens with zero attached hydrogens (tertiary/aromatic N) is 2. The Balaban J connectivity index is 1.15. The molecule has 5 aliphatic carbocycles. The minimum atomic E-state index is -4.15. The quantitative estimate of drug-likeness (QED) is 0.164. The summed E-state index contributed by atoms with van der Waals surface area (Å²) in [6, 6.07) is -3.14. The van der Waals surface area contributed by atoms with Gasteiger partial charge in [0, 0.05) is 30.0 Å². The summed E-state index contributed by atoms with van der Waals surface area (Å²) in [5.74, 6) is -2.82. The van der Waals surface area contributed by atoms with Crippen molar-refractivity contribution in [2.75, 3.05) is 13.1 Å². The third-order valence-corrected chi connectivity index (χ3v) is 17.3. The lowest BCUT2D eigenvalue weighted by atomic mass is 9.73. The molecule has 5 amide bonds. The van der Waals surface area contributed by atoms with Crippen molar-refractivity contribution in [3.63, 3.8) is 0 Å². The molecule has 14 nitrogen and oxygen atoms in total. The third-order valence-electron chi connectivity index (χ3n) is 16.2. The van der Waals surface area contributed by atoms with Gasteiger partial charge < -0.3 is 20.9 Å². The molecule has 0 aromatic heterocycles. The summed E-state index contributed by atoms with van der Waals surface area (Å²) in [5.41, 5.74) is -2.80. The summed E-state index contributed by atoms with van der Waals surface area (Å²) in [6.07, 6.45) is 13.9. The Bertz CT molecular complexity index is 1810. The fraction of sp³-hybridized carbons (Fsp3) is 0.841. The zero-order chi connectivity index (χ0) is 42.9. The molecule has 15 heteroatoms. The molecule has 330 valence electrons. The number of amides is 5. The maximum Gasteiger partial charge on any atom is 0.301 e. The summed E-state index contributed by atoms with van der Waals surface area (Å²) in [4.78, 5) is 76.3. The molecule has 0 unspecified atom stereocenters. The molecule has 2 spiro atoms. The number of rotatable bonds is 14. The average molecular weight is 842 g/mol. The Morgan fingerprint density at radius 2 is 1.47 bits per heavy atom. The van der Waals surface area contributed by atoms with E-state index in [1.165, 1.54) is 0 Å². The number of hydrogen-bond acceptors (Lipinski definition) is 8. The van der Waals surface area contributed by atoms with Crippen LogP contribution in [0, 0.1) is 33.5 Å². The zero-order valence-corrected chi connectivity index (χ0v) is 37.4. The SMILES string of the molecule is C=C[C@@H]1C[C@]1(NC(=O)[C@@H]1C[C@@]2(CN1C(=O)[C@@H](NC(=O)[C@@H](NC(=O)[C@@H]1CCCCN1C(C)C)C1CCCCC1)C(C)(C)C)C(C)(C)C21CCC1)C(=O)NS(=O)(=O)NC1CC1. The molecule has 7 aliphatic rings. The highest BCUT2D eigenvalue weighted by atomic mass is 32.2. The number of nitrogens with one attached hydrogen (secondary N) is 5. The van der Waals surface area contributed by atoms with Gasteiger partial charge in [0.05, 0.1) is 6.04 Å². The van der Waals surface area contributed by atoms with Crippen LogP contribution in [0.4, 0.5) is 0 Å². The lowest BCUT2D eigenvalue weighted by Crippen LogP contribution is -2.63. The summed E-state index contributed by atoms with van der Waals surface area (Å²) >= 11 is 0. The van der Waals surface area contributed by atoms with Crippen LogP contribution in [0.15, 0.2) is 12.7 Å². The number of likely N-dealkylation sites (tertiary alicyclic amines) is 2. The minimum Gasteiger partial charge on any atom is -0.343 e. The molecule has 0 bridgehead atoms. The van der Waals surface area contributed by atoms with Gasteiger partial charge in [-0.2, -0.15) is 13.1 Å². The van der Waals surface area contributed by atoms with Crippen LogP contribution in [0.2, 0.25) is 0 Å². The number of fused-ring (bicyclic) bond motifs is 1. The van der Waals surface area contributed by atoms with Gasteiger partial charge in [0.15, 0.2) is 0 Å². The van der Waals surface area contributed by atoms with E-state index in [1.54, 1.807) is 11.0 Å². The third kappa shape index (κ3) is 7.87. The van der Waals surface area contributed by atoms with Crippen molar-refractivity contribution < 1.29 is 32.4 Å². The Labute approximate surface area is 352 Å². The molecule has 0 aromatic carbocycles. The predicted molar refractivity (Wildman–Crippen MR) is 224 cm³/mol. The highest BCUT2D eigenvalue weighted by Crippen LogP contribution is 2.88. The van der Waals surface area contributed by atoms with Crippen molar-refractivity contribution in [3.8, 4) is 0 Å². The van der Waals surface area contributed by atoms with Gasteiger partial charge in [0.1, 0.15) is 23.7 Å². The second-order valence-electron chi connectivity index (χ2n) is 21.2. The summed E-state index contributed by atoms with van der Waals surface area (Å²) in [7, 11) is -4.15. The molecule has 0 radical (unpaired) electrons. The molecular weight excluding hydrogens is 771 g/mol. The van der Waals surface area contributed by atoms with E-state index in [0.29, 0.717) is 25.8 Å². The zero-order valence-electron chi connectivity index (χ0n) is 36.6. The number of piperidine rings is 1. The minimum absolute atomic E-state index is 0.0196. The van der Waals surface area contributed by atoms with Crippen molar-refractivity contribution in [3.05, 3.63) is 12.7 Å². The fourth-order valence-electron chi connectivity index (χ4n) is 12.1. The van der Waals surface area contributed by atoms with Gasteiger partial charge in [-0.05, 0) is 107 Å². The van der Waals surface area contributed by atoms with Gasteiger partial charge >= 0.3 is 10.2 Å². The number of carbonyl (C=O) groups is 5. The van der Waals surface area contributed by atoms with Crippen LogP contribution in [0.3, 0.4) is 0 Å². The van der Waals surface area contributed by atoms with E-state index < -0.39 is 57.0 Å². The van der Waals surface area contributed by atoms with E-state index in [-0.39, 0.29) is 64.4 Å². The molecule has 7 atom stereocenters. The molecule has 5 saturated carbocycles. The Morgan fingerprint density at radius 1 is 0.814 bits per heavy atom. The molecule has 2 saturated heterocycles. The first kappa shape index (κ1) is 44.0. The van der Waals surface area contributed by atoms with E-state index in [0.717, 1.165) is 77.2 Å². The van der Waals surface area contributed by atoms with Crippen LogP contribution >= 0.6 is 0 Å². The summed E-state index contributed by atoms with van der Waals surface area (Å²) in [5, 5.41) is 9.29. The second kappa shape index (κ2) is 15.7. The number of carbonyl (C=O) groups excluding carboxylic acids is 5. The van der Waals surface area contributed by atoms with Crippen molar-refractivity contribution in [2.24, 2.45) is 33.5 Å². The topological polar surface area (TPSA) is 186 Å². The van der Waals surface area contributed by atoms with E-state index in [9.17, 15) is 27.6 Å². The Hall–Kier alpha value is -3.04. The van der Waals surface area contributed by atoms with Gasteiger partial charge in [-0.25, -0.2) is 4.72 Å². The van der Waals surface area contributed by atoms with Crippen LogP contribution in [-0.4, -0.2) is 103 Å². The molecule has 2 heterocycles. The molecule has 0 aromatic rings. The molecule has 2 aliphatic heterocycles. The average Bonchev–Trinajstić information content (AvgIpc) is 4.10. The van der Waals surface area contributed by atoms with Gasteiger partial charge in [-0.3, -0.25) is 28.9 Å². The van der Waals surface area contributed by atoms with Crippen molar-refractivity contribution in [1.82, 2.24) is 35.2 Å². The maximum absolute atomic E-state index is 15.3. The summed E-state index contributed by atoms with van der Waals surface area (Å²) in [6.45, 7) is 19.3. The van der Waals surface area contributed by atoms with Crippen LogP contribution in [0.5, 0.6) is 0 Å². The van der Waals surface area contributed by atoms with Gasteiger partial charge in [0.2, 0.25) is 23.6 Å². The monoisotopic (exact) mass is 842 g/mol. The van der Waals surface area contributed by atoms with Crippen molar-refractivity contribution >= 4 is 39.7 Å². The van der Waals surface area contributed by atoms with E-state index in [2.05, 4.69) is 64.6 Å². The Morgan fingerprint density at radius 3 is 2.02 bits per heavy atom. The van der Waals surface area contributed by atoms with E-state index >= 15 is 4.79 Å². The van der Waals surface area contributed by atoms with E-state index in [1.807, 2.05) is 20.8 Å². The van der Waals surface area contributed by atoms with Gasteiger partial charge in [0.25, 0.3) is 5.91 Å². The molecular formula is C44H71N7O7S. The first-order valence-corrected chi connectivity index (χ1v) is 24.1. The predicted octanol–water partition coefficient (Wildman–Crippen LogP) is 3.82. The van der Waals surface area contributed by atoms with Gasteiger partial charge in [-0.15, -0.1) is 6.58 Å². The summed E-state index contributed by atoms with van der Waals surface area (Å²) < 4.78 is 30.2. The normalized spacial score (nSPS) is 32.5. The standard InChI is InChI=1S/C44H71N7O7S/c1-9-29-24-44(29,39(56)49-59(57,58)48-30-19-20-30)47-36(53)32-25-43(41(7,8)42(43)21-15-22-42)26-51(32)38(55)34(40(4,5)6)46-37(54)33(28-16-11-10-12-17-28)45-35(52)31-18-13-14-23-50(31)27(2)3/h9,27-34,48H,1,10-26H2,2-8H3,(H,45,52)(H,46,54)(H,47,53)(H,49,56)/t29-,31+,32+,33+,34-,43-,44-/m1/s1. The van der Waals surface area contributed by atoms with Crippen molar-refractivity contribution in [2.45, 2.75) is 187 Å². The van der Waals surface area contributed by atoms with Crippen LogP contribution in [0.25, 0.3) is 0 Å². The smallest absolute Gasteiger partial charge is 0.301 e. The molecule has 7 rings (SSSR count). The molecule has 5 N–H and O–H groups in total. The lowest BCUT2D eigenvalue weighted by molar-refractivity contribution is -0.145. The van der Waals surface area contributed by atoms with E-state index in [4.69, 9.17) is 0 Å². The van der Waals surface area contributed by atoms with Gasteiger partial charge in [-0.1, -0.05) is 72.8 Å². The maximum atomic E-state index is 15.3. The highest BCUT2D eigenvalue weighted by Gasteiger charge is 2.85.